The van der Waals surface area contributed by atoms with Crippen LogP contribution >= 0.6 is 0 Å². The van der Waals surface area contributed by atoms with Gasteiger partial charge in [-0.2, -0.15) is 0 Å². The fourth-order valence-electron chi connectivity index (χ4n) is 1.24. The van der Waals surface area contributed by atoms with Crippen molar-refractivity contribution in [2.75, 3.05) is 13.6 Å². The van der Waals surface area contributed by atoms with E-state index in [0.29, 0.717) is 6.54 Å². The first-order chi connectivity index (χ1) is 5.67. The van der Waals surface area contributed by atoms with Crippen LogP contribution in [0.2, 0.25) is 0 Å². The summed E-state index contributed by atoms with van der Waals surface area (Å²) < 4.78 is 0. The minimum atomic E-state index is -0.768. The van der Waals surface area contributed by atoms with Gasteiger partial charge in [-0.3, -0.25) is 0 Å². The van der Waals surface area contributed by atoms with Crippen LogP contribution in [0.4, 0.5) is 0 Å². The summed E-state index contributed by atoms with van der Waals surface area (Å²) in [6.07, 6.45) is 0. The molecule has 1 aromatic carbocycles. The van der Waals surface area contributed by atoms with Crippen molar-refractivity contribution in [3.63, 3.8) is 0 Å². The molecule has 1 atom stereocenters. The molecule has 0 saturated heterocycles. The molecule has 1 aromatic rings. The second-order valence-corrected chi connectivity index (χ2v) is 3.17. The summed E-state index contributed by atoms with van der Waals surface area (Å²) in [7, 11) is 1.83. The van der Waals surface area contributed by atoms with Crippen LogP contribution in [0.25, 0.3) is 0 Å². The number of rotatable bonds is 3. The van der Waals surface area contributed by atoms with E-state index in [2.05, 4.69) is 5.32 Å². The predicted molar refractivity (Wildman–Crippen MR) is 49.9 cm³/mol. The molecular formula is C10H15NO. The van der Waals surface area contributed by atoms with E-state index < -0.39 is 5.60 Å². The summed E-state index contributed by atoms with van der Waals surface area (Å²) in [4.78, 5) is 0. The van der Waals surface area contributed by atoms with E-state index in [1.807, 2.05) is 37.4 Å². The Hall–Kier alpha value is -0.860. The van der Waals surface area contributed by atoms with Crippen LogP contribution < -0.4 is 5.32 Å². The normalized spacial score (nSPS) is 15.6. The van der Waals surface area contributed by atoms with Crippen molar-refractivity contribution in [1.29, 1.82) is 0 Å². The van der Waals surface area contributed by atoms with Gasteiger partial charge in [0, 0.05) is 6.54 Å². The zero-order valence-electron chi connectivity index (χ0n) is 7.54. The van der Waals surface area contributed by atoms with Crippen LogP contribution in [0.3, 0.4) is 0 Å². The number of aliphatic hydroxyl groups is 1. The van der Waals surface area contributed by atoms with Crippen LogP contribution in [-0.2, 0) is 5.60 Å². The monoisotopic (exact) mass is 165 g/mol. The van der Waals surface area contributed by atoms with Crippen molar-refractivity contribution < 1.29 is 5.11 Å². The van der Waals surface area contributed by atoms with Gasteiger partial charge in [0.2, 0.25) is 0 Å². The van der Waals surface area contributed by atoms with Crippen LogP contribution in [0.5, 0.6) is 0 Å². The lowest BCUT2D eigenvalue weighted by molar-refractivity contribution is 0.0592. The molecule has 0 aliphatic rings. The average molecular weight is 165 g/mol. The van der Waals surface area contributed by atoms with Gasteiger partial charge >= 0.3 is 0 Å². The predicted octanol–water partition coefficient (Wildman–Crippen LogP) is 1.11. The Morgan fingerprint density at radius 2 is 1.92 bits per heavy atom. The molecule has 0 aliphatic carbocycles. The highest BCUT2D eigenvalue weighted by molar-refractivity contribution is 5.21. The lowest BCUT2D eigenvalue weighted by atomic mass is 9.96. The second kappa shape index (κ2) is 3.70. The second-order valence-electron chi connectivity index (χ2n) is 3.17. The first-order valence-electron chi connectivity index (χ1n) is 4.09. The summed E-state index contributed by atoms with van der Waals surface area (Å²) in [5.41, 5.74) is 0.176. The Labute approximate surface area is 73.2 Å². The Kier molecular flexibility index (Phi) is 2.84. The number of hydrogen-bond acceptors (Lipinski definition) is 2. The molecule has 66 valence electrons. The van der Waals surface area contributed by atoms with E-state index in [1.165, 1.54) is 0 Å². The molecule has 2 nitrogen and oxygen atoms in total. The molecule has 0 amide bonds. The standard InChI is InChI=1S/C10H15NO/c1-10(12,8-11-2)9-6-4-3-5-7-9/h3-7,11-12H,8H2,1-2H3/t10-/m1/s1. The molecule has 0 aromatic heterocycles. The largest absolute Gasteiger partial charge is 0.384 e. The lowest BCUT2D eigenvalue weighted by Crippen LogP contribution is -2.33. The summed E-state index contributed by atoms with van der Waals surface area (Å²) in [5, 5.41) is 12.9. The number of benzene rings is 1. The Balaban J connectivity index is 2.82. The van der Waals surface area contributed by atoms with Gasteiger partial charge in [0.05, 0.1) is 5.60 Å². The minimum Gasteiger partial charge on any atom is -0.384 e. The Bertz CT molecular complexity index is 231. The molecule has 0 aliphatic heterocycles. The van der Waals surface area contributed by atoms with Crippen LogP contribution in [0.15, 0.2) is 30.3 Å². The van der Waals surface area contributed by atoms with E-state index in [4.69, 9.17) is 0 Å². The molecule has 0 radical (unpaired) electrons. The molecule has 2 heteroatoms. The van der Waals surface area contributed by atoms with E-state index in [-0.39, 0.29) is 0 Å². The van der Waals surface area contributed by atoms with Crippen molar-refractivity contribution in [3.8, 4) is 0 Å². The SMILES string of the molecule is CNC[C@@](C)(O)c1ccccc1. The highest BCUT2D eigenvalue weighted by atomic mass is 16.3. The van der Waals surface area contributed by atoms with E-state index in [1.54, 1.807) is 6.92 Å². The first-order valence-corrected chi connectivity index (χ1v) is 4.09. The maximum absolute atomic E-state index is 9.92. The van der Waals surface area contributed by atoms with Crippen LogP contribution in [0, 0.1) is 0 Å². The molecule has 0 fully saturated rings. The van der Waals surface area contributed by atoms with Gasteiger partial charge in [-0.1, -0.05) is 30.3 Å². The number of likely N-dealkylation sites (N-methyl/N-ethyl adjacent to an activating group) is 1. The summed E-state index contributed by atoms with van der Waals surface area (Å²) in [6, 6.07) is 9.66. The minimum absolute atomic E-state index is 0.566. The van der Waals surface area contributed by atoms with Crippen molar-refractivity contribution in [2.24, 2.45) is 0 Å². The van der Waals surface area contributed by atoms with Crippen molar-refractivity contribution in [2.45, 2.75) is 12.5 Å². The third-order valence-corrected chi connectivity index (χ3v) is 1.92. The summed E-state index contributed by atoms with van der Waals surface area (Å²) in [6.45, 7) is 2.37. The summed E-state index contributed by atoms with van der Waals surface area (Å²) >= 11 is 0. The summed E-state index contributed by atoms with van der Waals surface area (Å²) in [5.74, 6) is 0. The Morgan fingerprint density at radius 1 is 1.33 bits per heavy atom. The molecule has 0 bridgehead atoms. The number of nitrogens with one attached hydrogen (secondary N) is 1. The molecule has 12 heavy (non-hydrogen) atoms. The van der Waals surface area contributed by atoms with Gasteiger partial charge in [-0.25, -0.2) is 0 Å². The first kappa shape index (κ1) is 9.23. The number of hydrogen-bond donors (Lipinski definition) is 2. The third-order valence-electron chi connectivity index (χ3n) is 1.92. The zero-order valence-corrected chi connectivity index (χ0v) is 7.54. The van der Waals surface area contributed by atoms with Gasteiger partial charge in [-0.05, 0) is 19.5 Å². The lowest BCUT2D eigenvalue weighted by Gasteiger charge is -2.23. The smallest absolute Gasteiger partial charge is 0.0992 e. The highest BCUT2D eigenvalue weighted by Crippen LogP contribution is 2.18. The van der Waals surface area contributed by atoms with Gasteiger partial charge in [-0.15, -0.1) is 0 Å². The fraction of sp³-hybridized carbons (Fsp3) is 0.400. The van der Waals surface area contributed by atoms with Crippen molar-refractivity contribution in [1.82, 2.24) is 5.32 Å². The van der Waals surface area contributed by atoms with E-state index in [0.717, 1.165) is 5.56 Å². The highest BCUT2D eigenvalue weighted by Gasteiger charge is 2.20. The van der Waals surface area contributed by atoms with Crippen LogP contribution in [0.1, 0.15) is 12.5 Å². The molecule has 0 heterocycles. The molecule has 1 rings (SSSR count). The Morgan fingerprint density at radius 3 is 2.42 bits per heavy atom. The average Bonchev–Trinajstić information content (AvgIpc) is 2.06. The molecule has 2 N–H and O–H groups in total. The molecule has 0 spiro atoms. The molecule has 0 unspecified atom stereocenters. The van der Waals surface area contributed by atoms with Gasteiger partial charge in [0.15, 0.2) is 0 Å². The molecular weight excluding hydrogens is 150 g/mol. The van der Waals surface area contributed by atoms with Crippen LogP contribution in [-0.4, -0.2) is 18.7 Å². The topological polar surface area (TPSA) is 32.3 Å². The third kappa shape index (κ3) is 2.06. The zero-order chi connectivity index (χ0) is 9.03. The van der Waals surface area contributed by atoms with Crippen molar-refractivity contribution in [3.05, 3.63) is 35.9 Å². The van der Waals surface area contributed by atoms with Gasteiger partial charge in [0.1, 0.15) is 0 Å². The quantitative estimate of drug-likeness (QED) is 0.703. The van der Waals surface area contributed by atoms with Gasteiger partial charge < -0.3 is 10.4 Å². The van der Waals surface area contributed by atoms with E-state index in [9.17, 15) is 5.11 Å². The maximum Gasteiger partial charge on any atom is 0.0992 e. The van der Waals surface area contributed by atoms with Gasteiger partial charge in [0.25, 0.3) is 0 Å². The van der Waals surface area contributed by atoms with Crippen molar-refractivity contribution >= 4 is 0 Å². The van der Waals surface area contributed by atoms with E-state index >= 15 is 0 Å². The fourth-order valence-corrected chi connectivity index (χ4v) is 1.24. The maximum atomic E-state index is 9.92. The molecule has 0 saturated carbocycles.